The quantitative estimate of drug-likeness (QED) is 0.711. The van der Waals surface area contributed by atoms with Gasteiger partial charge in [-0.05, 0) is 36.6 Å². The average Bonchev–Trinajstić information content (AvgIpc) is 2.68. The van der Waals surface area contributed by atoms with Crippen LogP contribution in [0.25, 0.3) is 0 Å². The van der Waals surface area contributed by atoms with Crippen molar-refractivity contribution in [1.29, 1.82) is 0 Å². The van der Waals surface area contributed by atoms with Crippen LogP contribution in [-0.2, 0) is 10.5 Å². The molecule has 0 unspecified atom stereocenters. The summed E-state index contributed by atoms with van der Waals surface area (Å²) >= 11 is 1.84. The Morgan fingerprint density at radius 2 is 1.69 bits per heavy atom. The molecule has 2 aromatic carbocycles. The summed E-state index contributed by atoms with van der Waals surface area (Å²) < 4.78 is 0. The molecule has 1 amide bonds. The molecule has 1 aliphatic rings. The van der Waals surface area contributed by atoms with Crippen LogP contribution in [0.15, 0.2) is 48.5 Å². The van der Waals surface area contributed by atoms with Crippen LogP contribution in [0.5, 0.6) is 0 Å². The van der Waals surface area contributed by atoms with E-state index in [2.05, 4.69) is 61.2 Å². The van der Waals surface area contributed by atoms with Gasteiger partial charge in [0.1, 0.15) is 0 Å². The molecule has 1 fully saturated rings. The lowest BCUT2D eigenvalue weighted by Gasteiger charge is -2.37. The summed E-state index contributed by atoms with van der Waals surface area (Å²) in [5, 5.41) is 0. The van der Waals surface area contributed by atoms with E-state index in [1.807, 2.05) is 22.7 Å². The van der Waals surface area contributed by atoms with E-state index in [4.69, 9.17) is 0 Å². The fourth-order valence-corrected chi connectivity index (χ4v) is 4.25. The number of carbonyl (C=O) groups excluding carboxylic acids is 1. The highest BCUT2D eigenvalue weighted by Crippen LogP contribution is 2.24. The van der Waals surface area contributed by atoms with E-state index in [0.29, 0.717) is 12.3 Å². The van der Waals surface area contributed by atoms with Crippen molar-refractivity contribution in [1.82, 2.24) is 4.90 Å². The first kappa shape index (κ1) is 18.8. The molecule has 0 radical (unpaired) electrons. The second-order valence-corrected chi connectivity index (χ2v) is 7.98. The Morgan fingerprint density at radius 3 is 2.42 bits per heavy atom. The number of anilines is 1. The third-order valence-corrected chi connectivity index (χ3v) is 6.15. The van der Waals surface area contributed by atoms with E-state index in [0.717, 1.165) is 37.7 Å². The zero-order valence-corrected chi connectivity index (χ0v) is 16.6. The smallest absolute Gasteiger partial charge is 0.223 e. The first-order valence-corrected chi connectivity index (χ1v) is 10.5. The molecule has 0 aliphatic carbocycles. The molecule has 1 saturated heterocycles. The van der Waals surface area contributed by atoms with Gasteiger partial charge in [-0.1, -0.05) is 42.5 Å². The van der Waals surface area contributed by atoms with Crippen molar-refractivity contribution in [3.05, 3.63) is 65.2 Å². The van der Waals surface area contributed by atoms with E-state index in [1.165, 1.54) is 22.4 Å². The van der Waals surface area contributed by atoms with Gasteiger partial charge >= 0.3 is 0 Å². The van der Waals surface area contributed by atoms with Crippen molar-refractivity contribution in [3.63, 3.8) is 0 Å². The number of hydrogen-bond donors (Lipinski definition) is 0. The highest BCUT2D eigenvalue weighted by atomic mass is 32.2. The Hall–Kier alpha value is -1.94. The maximum absolute atomic E-state index is 12.5. The molecule has 0 bridgehead atoms. The Bertz CT molecular complexity index is 724. The summed E-state index contributed by atoms with van der Waals surface area (Å²) in [5.41, 5.74) is 5.32. The lowest BCUT2D eigenvalue weighted by Crippen LogP contribution is -2.49. The highest BCUT2D eigenvalue weighted by molar-refractivity contribution is 7.98. The van der Waals surface area contributed by atoms with Gasteiger partial charge in [0, 0.05) is 49.8 Å². The number of hydrogen-bond acceptors (Lipinski definition) is 3. The van der Waals surface area contributed by atoms with Crippen LogP contribution in [0, 0.1) is 13.8 Å². The number of benzene rings is 2. The fraction of sp³-hybridized carbons (Fsp3) is 0.409. The number of nitrogens with zero attached hydrogens (tertiary/aromatic N) is 2. The third kappa shape index (κ3) is 4.82. The molecule has 1 aliphatic heterocycles. The molecule has 2 aromatic rings. The van der Waals surface area contributed by atoms with Gasteiger partial charge in [-0.15, -0.1) is 0 Å². The fourth-order valence-electron chi connectivity index (χ4n) is 3.36. The minimum atomic E-state index is 0.297. The zero-order valence-electron chi connectivity index (χ0n) is 15.8. The molecule has 0 aromatic heterocycles. The van der Waals surface area contributed by atoms with Crippen LogP contribution in [0.1, 0.15) is 23.1 Å². The van der Waals surface area contributed by atoms with Crippen molar-refractivity contribution in [2.75, 3.05) is 36.8 Å². The summed E-state index contributed by atoms with van der Waals surface area (Å²) in [4.78, 5) is 16.9. The summed E-state index contributed by atoms with van der Waals surface area (Å²) in [6.45, 7) is 7.85. The number of carbonyl (C=O) groups is 1. The van der Waals surface area contributed by atoms with Crippen LogP contribution in [-0.4, -0.2) is 42.7 Å². The molecule has 138 valence electrons. The predicted molar refractivity (Wildman–Crippen MR) is 112 cm³/mol. The molecule has 0 atom stereocenters. The Kier molecular flexibility index (Phi) is 6.62. The molecule has 4 heteroatoms. The molecule has 26 heavy (non-hydrogen) atoms. The highest BCUT2D eigenvalue weighted by Gasteiger charge is 2.21. The Morgan fingerprint density at radius 1 is 0.962 bits per heavy atom. The van der Waals surface area contributed by atoms with Crippen molar-refractivity contribution in [2.45, 2.75) is 26.0 Å². The van der Waals surface area contributed by atoms with Crippen LogP contribution in [0.3, 0.4) is 0 Å². The number of rotatable bonds is 6. The van der Waals surface area contributed by atoms with Crippen LogP contribution >= 0.6 is 11.8 Å². The maximum Gasteiger partial charge on any atom is 0.223 e. The summed E-state index contributed by atoms with van der Waals surface area (Å²) in [6, 6.07) is 16.9. The predicted octanol–water partition coefficient (Wildman–Crippen LogP) is 4.28. The van der Waals surface area contributed by atoms with Gasteiger partial charge in [-0.25, -0.2) is 0 Å². The second kappa shape index (κ2) is 9.13. The monoisotopic (exact) mass is 368 g/mol. The summed E-state index contributed by atoms with van der Waals surface area (Å²) in [7, 11) is 0. The van der Waals surface area contributed by atoms with Crippen LogP contribution in [0.4, 0.5) is 5.69 Å². The van der Waals surface area contributed by atoms with E-state index in [1.54, 1.807) is 0 Å². The van der Waals surface area contributed by atoms with E-state index in [9.17, 15) is 4.79 Å². The van der Waals surface area contributed by atoms with Gasteiger partial charge in [0.05, 0.1) is 0 Å². The van der Waals surface area contributed by atoms with Gasteiger partial charge in [0.2, 0.25) is 5.91 Å². The number of aryl methyl sites for hydroxylation is 1. The van der Waals surface area contributed by atoms with Gasteiger partial charge in [-0.2, -0.15) is 11.8 Å². The van der Waals surface area contributed by atoms with Crippen molar-refractivity contribution in [3.8, 4) is 0 Å². The maximum atomic E-state index is 12.5. The number of piperazine rings is 1. The lowest BCUT2D eigenvalue weighted by atomic mass is 10.1. The molecule has 0 saturated carbocycles. The van der Waals surface area contributed by atoms with Crippen molar-refractivity contribution in [2.24, 2.45) is 0 Å². The summed E-state index contributed by atoms with van der Waals surface area (Å²) in [5.74, 6) is 2.17. The van der Waals surface area contributed by atoms with Crippen LogP contribution in [0.2, 0.25) is 0 Å². The lowest BCUT2D eigenvalue weighted by molar-refractivity contribution is -0.131. The van der Waals surface area contributed by atoms with Crippen molar-refractivity contribution >= 4 is 23.4 Å². The molecular formula is C22H28N2OS. The SMILES string of the molecule is Cc1cccc(N2CCN(C(=O)CCSCc3ccccc3)CC2)c1C. The number of thioether (sulfide) groups is 1. The second-order valence-electron chi connectivity index (χ2n) is 6.88. The summed E-state index contributed by atoms with van der Waals surface area (Å²) in [6.07, 6.45) is 0.640. The molecule has 0 N–H and O–H groups in total. The first-order valence-electron chi connectivity index (χ1n) is 9.36. The minimum absolute atomic E-state index is 0.297. The Labute approximate surface area is 161 Å². The van der Waals surface area contributed by atoms with Gasteiger partial charge in [-0.3, -0.25) is 4.79 Å². The Balaban J connectivity index is 1.41. The van der Waals surface area contributed by atoms with E-state index < -0.39 is 0 Å². The standard InChI is InChI=1S/C22H28N2OS/c1-18-7-6-10-21(19(18)2)23-12-14-24(15-13-23)22(25)11-16-26-17-20-8-4-3-5-9-20/h3-10H,11-17H2,1-2H3. The molecule has 3 rings (SSSR count). The molecule has 1 heterocycles. The van der Waals surface area contributed by atoms with Gasteiger partial charge in [0.15, 0.2) is 0 Å². The van der Waals surface area contributed by atoms with Gasteiger partial charge < -0.3 is 9.80 Å². The van der Waals surface area contributed by atoms with Gasteiger partial charge in [0.25, 0.3) is 0 Å². The normalized spacial score (nSPS) is 14.5. The van der Waals surface area contributed by atoms with Crippen molar-refractivity contribution < 1.29 is 4.79 Å². The van der Waals surface area contributed by atoms with Crippen LogP contribution < -0.4 is 4.90 Å². The minimum Gasteiger partial charge on any atom is -0.368 e. The average molecular weight is 369 g/mol. The molecule has 0 spiro atoms. The largest absolute Gasteiger partial charge is 0.368 e. The number of amides is 1. The third-order valence-electron chi connectivity index (χ3n) is 5.12. The molecular weight excluding hydrogens is 340 g/mol. The van der Waals surface area contributed by atoms with E-state index >= 15 is 0 Å². The molecule has 3 nitrogen and oxygen atoms in total. The zero-order chi connectivity index (χ0) is 18.4. The first-order chi connectivity index (χ1) is 12.6. The topological polar surface area (TPSA) is 23.6 Å². The van der Waals surface area contributed by atoms with E-state index in [-0.39, 0.29) is 0 Å².